The number of hydrogen-bond donors (Lipinski definition) is 1. The van der Waals surface area contributed by atoms with Crippen LogP contribution in [0.3, 0.4) is 0 Å². The van der Waals surface area contributed by atoms with Crippen molar-refractivity contribution in [1.82, 2.24) is 14.8 Å². The van der Waals surface area contributed by atoms with Crippen LogP contribution in [0.25, 0.3) is 10.9 Å². The Labute approximate surface area is 148 Å². The highest BCUT2D eigenvalue weighted by Gasteiger charge is 2.11. The van der Waals surface area contributed by atoms with Gasteiger partial charge in [0.1, 0.15) is 0 Å². The van der Waals surface area contributed by atoms with E-state index in [1.54, 1.807) is 0 Å². The molecule has 0 radical (unpaired) electrons. The van der Waals surface area contributed by atoms with E-state index in [-0.39, 0.29) is 5.91 Å². The maximum Gasteiger partial charge on any atom is 0.221 e. The van der Waals surface area contributed by atoms with Gasteiger partial charge in [0.05, 0.1) is 24.4 Å². The van der Waals surface area contributed by atoms with Gasteiger partial charge in [0.2, 0.25) is 5.91 Å². The number of hydrogen-bond acceptors (Lipinski definition) is 5. The van der Waals surface area contributed by atoms with E-state index in [1.165, 1.54) is 6.92 Å². The van der Waals surface area contributed by atoms with Gasteiger partial charge >= 0.3 is 0 Å². The lowest BCUT2D eigenvalue weighted by Gasteiger charge is -2.28. The van der Waals surface area contributed by atoms with Crippen molar-refractivity contribution in [3.63, 3.8) is 0 Å². The molecule has 0 spiro atoms. The van der Waals surface area contributed by atoms with Crippen LogP contribution in [0, 0.1) is 0 Å². The van der Waals surface area contributed by atoms with Crippen LogP contribution in [0.5, 0.6) is 0 Å². The average Bonchev–Trinajstić information content (AvgIpc) is 2.60. The summed E-state index contributed by atoms with van der Waals surface area (Å²) in [5, 5.41) is 3.84. The van der Waals surface area contributed by atoms with E-state index in [1.807, 2.05) is 18.2 Å². The average molecular weight is 342 g/mol. The molecule has 1 N–H and O–H groups in total. The molecule has 0 unspecified atom stereocenters. The van der Waals surface area contributed by atoms with Crippen LogP contribution in [-0.4, -0.2) is 67.1 Å². The molecule has 0 aliphatic carbocycles. The summed E-state index contributed by atoms with van der Waals surface area (Å²) in [6, 6.07) is 9.93. The van der Waals surface area contributed by atoms with Crippen molar-refractivity contribution in [2.24, 2.45) is 0 Å². The normalized spacial score (nSPS) is 15.6. The molecule has 1 aliphatic rings. The molecule has 2 heterocycles. The zero-order valence-electron chi connectivity index (χ0n) is 15.0. The third kappa shape index (κ3) is 5.22. The molecule has 1 aromatic heterocycles. The van der Waals surface area contributed by atoms with E-state index in [9.17, 15) is 4.79 Å². The minimum Gasteiger partial charge on any atom is -0.379 e. The minimum absolute atomic E-state index is 0.0641. The van der Waals surface area contributed by atoms with Crippen LogP contribution in [0.2, 0.25) is 0 Å². The second kappa shape index (κ2) is 8.38. The SMILES string of the molecule is CC(=O)Nc1ccc2nc(CN(C)CCN3CCOCC3)ccc2c1. The van der Waals surface area contributed by atoms with E-state index in [0.29, 0.717) is 0 Å². The first-order chi connectivity index (χ1) is 12.1. The fraction of sp³-hybridized carbons (Fsp3) is 0.474. The molecule has 0 bridgehead atoms. The third-order valence-electron chi connectivity index (χ3n) is 4.40. The van der Waals surface area contributed by atoms with Crippen LogP contribution < -0.4 is 5.32 Å². The zero-order chi connectivity index (χ0) is 17.6. The van der Waals surface area contributed by atoms with Gasteiger partial charge in [-0.2, -0.15) is 0 Å². The Morgan fingerprint density at radius 1 is 1.28 bits per heavy atom. The number of benzene rings is 1. The Kier molecular flexibility index (Phi) is 5.96. The van der Waals surface area contributed by atoms with Gasteiger partial charge in [-0.25, -0.2) is 0 Å². The monoisotopic (exact) mass is 342 g/mol. The summed E-state index contributed by atoms with van der Waals surface area (Å²) < 4.78 is 5.38. The zero-order valence-corrected chi connectivity index (χ0v) is 15.0. The number of pyridine rings is 1. The van der Waals surface area contributed by atoms with Crippen LogP contribution in [0.15, 0.2) is 30.3 Å². The molecule has 1 saturated heterocycles. The maximum atomic E-state index is 11.2. The molecule has 1 aliphatic heterocycles. The number of ether oxygens (including phenoxy) is 1. The highest BCUT2D eigenvalue weighted by Crippen LogP contribution is 2.18. The lowest BCUT2D eigenvalue weighted by Crippen LogP contribution is -2.40. The lowest BCUT2D eigenvalue weighted by molar-refractivity contribution is -0.114. The number of amides is 1. The molecule has 3 rings (SSSR count). The van der Waals surface area contributed by atoms with Crippen molar-refractivity contribution < 1.29 is 9.53 Å². The molecule has 0 saturated carbocycles. The van der Waals surface area contributed by atoms with Crippen LogP contribution in [-0.2, 0) is 16.1 Å². The lowest BCUT2D eigenvalue weighted by atomic mass is 10.1. The van der Waals surface area contributed by atoms with E-state index in [2.05, 4.69) is 34.3 Å². The number of carbonyl (C=O) groups is 1. The van der Waals surface area contributed by atoms with Gasteiger partial charge in [0.25, 0.3) is 0 Å². The second-order valence-electron chi connectivity index (χ2n) is 6.58. The smallest absolute Gasteiger partial charge is 0.221 e. The number of likely N-dealkylation sites (N-methyl/N-ethyl adjacent to an activating group) is 1. The van der Waals surface area contributed by atoms with Crippen LogP contribution in [0.4, 0.5) is 5.69 Å². The van der Waals surface area contributed by atoms with Gasteiger partial charge in [-0.05, 0) is 31.3 Å². The number of aromatic nitrogens is 1. The van der Waals surface area contributed by atoms with Gasteiger partial charge in [0, 0.05) is 50.7 Å². The van der Waals surface area contributed by atoms with E-state index < -0.39 is 0 Å². The summed E-state index contributed by atoms with van der Waals surface area (Å²) in [7, 11) is 2.13. The molecular weight excluding hydrogens is 316 g/mol. The van der Waals surface area contributed by atoms with Crippen molar-refractivity contribution in [3.05, 3.63) is 36.0 Å². The predicted octanol–water partition coefficient (Wildman–Crippen LogP) is 1.96. The highest BCUT2D eigenvalue weighted by molar-refractivity contribution is 5.92. The number of morpholine rings is 1. The van der Waals surface area contributed by atoms with Crippen LogP contribution in [0.1, 0.15) is 12.6 Å². The summed E-state index contributed by atoms with van der Waals surface area (Å²) in [4.78, 5) is 20.6. The Balaban J connectivity index is 1.58. The molecule has 1 aromatic carbocycles. The molecule has 134 valence electrons. The van der Waals surface area contributed by atoms with Crippen molar-refractivity contribution in [2.75, 3.05) is 51.8 Å². The van der Waals surface area contributed by atoms with Gasteiger partial charge in [0.15, 0.2) is 0 Å². The van der Waals surface area contributed by atoms with Crippen molar-refractivity contribution >= 4 is 22.5 Å². The quantitative estimate of drug-likeness (QED) is 0.870. The summed E-state index contributed by atoms with van der Waals surface area (Å²) in [5.41, 5.74) is 2.81. The van der Waals surface area contributed by atoms with Gasteiger partial charge in [-0.15, -0.1) is 0 Å². The Morgan fingerprint density at radius 3 is 2.84 bits per heavy atom. The maximum absolute atomic E-state index is 11.2. The minimum atomic E-state index is -0.0641. The first kappa shape index (κ1) is 17.8. The summed E-state index contributed by atoms with van der Waals surface area (Å²) in [6.45, 7) is 8.16. The topological polar surface area (TPSA) is 57.7 Å². The Bertz CT molecular complexity index is 728. The molecule has 6 nitrogen and oxygen atoms in total. The Hall–Kier alpha value is -2.02. The predicted molar refractivity (Wildman–Crippen MR) is 99.6 cm³/mol. The van der Waals surface area contributed by atoms with Crippen molar-refractivity contribution in [2.45, 2.75) is 13.5 Å². The second-order valence-corrected chi connectivity index (χ2v) is 6.58. The number of carbonyl (C=O) groups excluding carboxylic acids is 1. The first-order valence-corrected chi connectivity index (χ1v) is 8.76. The number of anilines is 1. The van der Waals surface area contributed by atoms with Crippen molar-refractivity contribution in [3.8, 4) is 0 Å². The van der Waals surface area contributed by atoms with Gasteiger partial charge in [-0.3, -0.25) is 19.6 Å². The van der Waals surface area contributed by atoms with Gasteiger partial charge in [-0.1, -0.05) is 6.07 Å². The number of fused-ring (bicyclic) bond motifs is 1. The molecular formula is C19H26N4O2. The van der Waals surface area contributed by atoms with Gasteiger partial charge < -0.3 is 10.1 Å². The van der Waals surface area contributed by atoms with E-state index >= 15 is 0 Å². The standard InChI is InChI=1S/C19H26N4O2/c1-15(24)20-17-5-6-19-16(13-17)3-4-18(21-19)14-22(2)7-8-23-9-11-25-12-10-23/h3-6,13H,7-12,14H2,1-2H3,(H,20,24). The van der Waals surface area contributed by atoms with E-state index in [0.717, 1.165) is 68.2 Å². The fourth-order valence-corrected chi connectivity index (χ4v) is 3.03. The highest BCUT2D eigenvalue weighted by atomic mass is 16.5. The third-order valence-corrected chi connectivity index (χ3v) is 4.40. The summed E-state index contributed by atoms with van der Waals surface area (Å²) in [5.74, 6) is -0.0641. The van der Waals surface area contributed by atoms with Crippen molar-refractivity contribution in [1.29, 1.82) is 0 Å². The van der Waals surface area contributed by atoms with E-state index in [4.69, 9.17) is 9.72 Å². The molecule has 25 heavy (non-hydrogen) atoms. The molecule has 2 aromatic rings. The van der Waals surface area contributed by atoms with Crippen LogP contribution >= 0.6 is 0 Å². The molecule has 1 fully saturated rings. The Morgan fingerprint density at radius 2 is 2.08 bits per heavy atom. The fourth-order valence-electron chi connectivity index (χ4n) is 3.03. The molecule has 1 amide bonds. The molecule has 0 atom stereocenters. The number of nitrogens with one attached hydrogen (secondary N) is 1. The molecule has 6 heteroatoms. The summed E-state index contributed by atoms with van der Waals surface area (Å²) >= 11 is 0. The number of rotatable bonds is 6. The first-order valence-electron chi connectivity index (χ1n) is 8.76. The largest absolute Gasteiger partial charge is 0.379 e. The summed E-state index contributed by atoms with van der Waals surface area (Å²) in [6.07, 6.45) is 0. The number of nitrogens with zero attached hydrogens (tertiary/aromatic N) is 3.